The van der Waals surface area contributed by atoms with Gasteiger partial charge in [-0.15, -0.1) is 0 Å². The third-order valence-corrected chi connectivity index (χ3v) is 4.34. The lowest BCUT2D eigenvalue weighted by Crippen LogP contribution is -2.86. The first kappa shape index (κ1) is 20.0. The van der Waals surface area contributed by atoms with Crippen LogP contribution in [0, 0.1) is 10.1 Å². The second-order valence-corrected chi connectivity index (χ2v) is 6.43. The maximum atomic E-state index is 12.2. The smallest absolute Gasteiger partial charge is 0.279 e. The minimum atomic E-state index is -0.528. The minimum absolute atomic E-state index is 0.0516. The molecular formula is C17H18Cl2N3O4+. The van der Waals surface area contributed by atoms with E-state index >= 15 is 0 Å². The van der Waals surface area contributed by atoms with Crippen molar-refractivity contribution in [3.63, 3.8) is 0 Å². The van der Waals surface area contributed by atoms with E-state index < -0.39 is 4.92 Å². The molecule has 0 unspecified atom stereocenters. The molecule has 26 heavy (non-hydrogen) atoms. The number of nitrogens with two attached hydrogens (primary N) is 1. The number of anilines is 1. The number of hydrogen-bond donors (Lipinski definition) is 2. The van der Waals surface area contributed by atoms with Crippen LogP contribution in [0.2, 0.25) is 10.0 Å². The van der Waals surface area contributed by atoms with E-state index in [9.17, 15) is 14.9 Å². The van der Waals surface area contributed by atoms with Crippen molar-refractivity contribution < 1.29 is 19.8 Å². The summed E-state index contributed by atoms with van der Waals surface area (Å²) in [5, 5.41) is 16.4. The van der Waals surface area contributed by atoms with Crippen LogP contribution in [0.15, 0.2) is 36.4 Å². The summed E-state index contributed by atoms with van der Waals surface area (Å²) < 4.78 is 5.10. The van der Waals surface area contributed by atoms with E-state index in [4.69, 9.17) is 27.9 Å². The van der Waals surface area contributed by atoms with Crippen LogP contribution < -0.4 is 15.4 Å². The Labute approximate surface area is 160 Å². The molecule has 2 rings (SSSR count). The zero-order valence-corrected chi connectivity index (χ0v) is 15.7. The molecule has 3 N–H and O–H groups in total. The van der Waals surface area contributed by atoms with Gasteiger partial charge < -0.3 is 15.4 Å². The molecule has 0 aromatic heterocycles. The summed E-state index contributed by atoms with van der Waals surface area (Å²) in [6, 6.07) is 9.17. The monoisotopic (exact) mass is 398 g/mol. The zero-order chi connectivity index (χ0) is 19.3. The Morgan fingerprint density at radius 1 is 1.31 bits per heavy atom. The first-order chi connectivity index (χ1) is 12.3. The van der Waals surface area contributed by atoms with Gasteiger partial charge in [0.2, 0.25) is 0 Å². The van der Waals surface area contributed by atoms with Gasteiger partial charge in [0.15, 0.2) is 6.54 Å². The Balaban J connectivity index is 1.99. The first-order valence-electron chi connectivity index (χ1n) is 7.72. The molecule has 0 spiro atoms. The lowest BCUT2D eigenvalue weighted by molar-refractivity contribution is -0.682. The number of nitrogens with zero attached hydrogens (tertiary/aromatic N) is 1. The molecule has 9 heteroatoms. The van der Waals surface area contributed by atoms with Gasteiger partial charge in [0.25, 0.3) is 11.6 Å². The van der Waals surface area contributed by atoms with E-state index in [1.54, 1.807) is 12.1 Å². The van der Waals surface area contributed by atoms with Crippen molar-refractivity contribution in [2.45, 2.75) is 13.0 Å². The van der Waals surface area contributed by atoms with Crippen LogP contribution in [0.4, 0.5) is 11.4 Å². The number of ether oxygens (including phenoxy) is 1. The SMILES string of the molecule is COc1cc([N+](=O)[O-])ccc1NC(=O)C[NH2+][C@@H](C)c1ccc(Cl)cc1Cl. The van der Waals surface area contributed by atoms with Gasteiger partial charge in [0.1, 0.15) is 11.8 Å². The van der Waals surface area contributed by atoms with Gasteiger partial charge in [-0.05, 0) is 25.1 Å². The minimum Gasteiger partial charge on any atom is -0.494 e. The van der Waals surface area contributed by atoms with Crippen LogP contribution in [-0.2, 0) is 4.79 Å². The second kappa shape index (κ2) is 8.84. The fourth-order valence-electron chi connectivity index (χ4n) is 2.38. The molecule has 1 atom stereocenters. The van der Waals surface area contributed by atoms with Crippen molar-refractivity contribution in [2.24, 2.45) is 0 Å². The lowest BCUT2D eigenvalue weighted by Gasteiger charge is -2.14. The number of nitro benzene ring substituents is 1. The molecule has 1 amide bonds. The van der Waals surface area contributed by atoms with Gasteiger partial charge >= 0.3 is 0 Å². The van der Waals surface area contributed by atoms with Crippen molar-refractivity contribution in [3.8, 4) is 5.75 Å². The average Bonchev–Trinajstić information content (AvgIpc) is 2.59. The Bertz CT molecular complexity index is 830. The van der Waals surface area contributed by atoms with Crippen LogP contribution in [0.5, 0.6) is 5.75 Å². The van der Waals surface area contributed by atoms with Gasteiger partial charge in [-0.25, -0.2) is 0 Å². The van der Waals surface area contributed by atoms with Crippen molar-refractivity contribution in [1.29, 1.82) is 0 Å². The molecule has 0 saturated carbocycles. The highest BCUT2D eigenvalue weighted by Gasteiger charge is 2.17. The number of carbonyl (C=O) groups is 1. The number of rotatable bonds is 7. The number of benzene rings is 2. The molecule has 0 heterocycles. The normalized spacial score (nSPS) is 11.7. The summed E-state index contributed by atoms with van der Waals surface area (Å²) in [5.41, 5.74) is 1.13. The molecule has 0 aliphatic rings. The number of non-ortho nitro benzene ring substituents is 1. The third-order valence-electron chi connectivity index (χ3n) is 3.78. The van der Waals surface area contributed by atoms with Gasteiger partial charge in [-0.2, -0.15) is 0 Å². The number of quaternary nitrogens is 1. The highest BCUT2D eigenvalue weighted by atomic mass is 35.5. The Hall–Kier alpha value is -2.35. The Kier molecular flexibility index (Phi) is 6.79. The van der Waals surface area contributed by atoms with E-state index in [2.05, 4.69) is 5.32 Å². The maximum Gasteiger partial charge on any atom is 0.279 e. The van der Waals surface area contributed by atoms with E-state index in [0.717, 1.165) is 5.56 Å². The summed E-state index contributed by atoms with van der Waals surface area (Å²) >= 11 is 12.1. The summed E-state index contributed by atoms with van der Waals surface area (Å²) in [5.74, 6) is -0.0459. The summed E-state index contributed by atoms with van der Waals surface area (Å²) in [4.78, 5) is 22.5. The molecule has 2 aromatic rings. The van der Waals surface area contributed by atoms with E-state index in [1.807, 2.05) is 18.3 Å². The topological polar surface area (TPSA) is 98.1 Å². The fourth-order valence-corrected chi connectivity index (χ4v) is 2.96. The van der Waals surface area contributed by atoms with Crippen LogP contribution in [-0.4, -0.2) is 24.5 Å². The van der Waals surface area contributed by atoms with Crippen LogP contribution in [0.25, 0.3) is 0 Å². The highest BCUT2D eigenvalue weighted by Crippen LogP contribution is 2.29. The molecule has 0 aliphatic heterocycles. The number of amides is 1. The van der Waals surface area contributed by atoms with Crippen molar-refractivity contribution in [2.75, 3.05) is 19.0 Å². The third kappa shape index (κ3) is 5.08. The molecule has 0 aliphatic carbocycles. The molecule has 0 fully saturated rings. The van der Waals surface area contributed by atoms with Gasteiger partial charge in [-0.1, -0.05) is 29.3 Å². The largest absolute Gasteiger partial charge is 0.494 e. The number of nitro groups is 1. The van der Waals surface area contributed by atoms with Gasteiger partial charge in [-0.3, -0.25) is 14.9 Å². The Morgan fingerprint density at radius 2 is 2.04 bits per heavy atom. The van der Waals surface area contributed by atoms with Crippen LogP contribution in [0.1, 0.15) is 18.5 Å². The second-order valence-electron chi connectivity index (χ2n) is 5.58. The molecule has 2 aromatic carbocycles. The predicted octanol–water partition coefficient (Wildman–Crippen LogP) is 3.17. The quantitative estimate of drug-likeness (QED) is 0.552. The number of methoxy groups -OCH3 is 1. The summed E-state index contributed by atoms with van der Waals surface area (Å²) in [7, 11) is 1.38. The van der Waals surface area contributed by atoms with Gasteiger partial charge in [0.05, 0.1) is 28.8 Å². The predicted molar refractivity (Wildman–Crippen MR) is 99.9 cm³/mol. The average molecular weight is 399 g/mol. The number of carbonyl (C=O) groups excluding carboxylic acids is 1. The van der Waals surface area contributed by atoms with Crippen LogP contribution in [0.3, 0.4) is 0 Å². The Morgan fingerprint density at radius 3 is 2.65 bits per heavy atom. The number of nitrogens with one attached hydrogen (secondary N) is 1. The molecule has 138 valence electrons. The van der Waals surface area contributed by atoms with Crippen molar-refractivity contribution >= 4 is 40.5 Å². The van der Waals surface area contributed by atoms with Crippen molar-refractivity contribution in [1.82, 2.24) is 0 Å². The summed E-state index contributed by atoms with van der Waals surface area (Å²) in [6.07, 6.45) is 0. The van der Waals surface area contributed by atoms with E-state index in [1.165, 1.54) is 25.3 Å². The number of halogens is 2. The highest BCUT2D eigenvalue weighted by molar-refractivity contribution is 6.35. The lowest BCUT2D eigenvalue weighted by atomic mass is 10.1. The molecular weight excluding hydrogens is 381 g/mol. The fraction of sp³-hybridized carbons (Fsp3) is 0.235. The van der Waals surface area contributed by atoms with Gasteiger partial charge in [0, 0.05) is 16.7 Å². The molecule has 0 radical (unpaired) electrons. The van der Waals surface area contributed by atoms with Crippen LogP contribution >= 0.6 is 23.2 Å². The molecule has 0 saturated heterocycles. The van der Waals surface area contributed by atoms with E-state index in [-0.39, 0.29) is 29.9 Å². The zero-order valence-electron chi connectivity index (χ0n) is 14.2. The van der Waals surface area contributed by atoms with E-state index in [0.29, 0.717) is 15.7 Å². The molecule has 7 nitrogen and oxygen atoms in total. The van der Waals surface area contributed by atoms with Crippen molar-refractivity contribution in [3.05, 3.63) is 62.1 Å². The first-order valence-corrected chi connectivity index (χ1v) is 8.48. The molecule has 0 bridgehead atoms. The number of hydrogen-bond acceptors (Lipinski definition) is 4. The maximum absolute atomic E-state index is 12.2. The standard InChI is InChI=1S/C17H17Cl2N3O4/c1-10(13-5-3-11(18)7-14(13)19)20-9-17(23)21-15-6-4-12(22(24)25)8-16(15)26-2/h3-8,10,20H,9H2,1-2H3,(H,21,23)/p+1/t10-/m0/s1. The summed E-state index contributed by atoms with van der Waals surface area (Å²) in [6.45, 7) is 2.06.